The number of amides is 1. The number of carbonyl (C=O) groups excluding carboxylic acids is 1. The molecule has 6 nitrogen and oxygen atoms in total. The fourth-order valence-electron chi connectivity index (χ4n) is 2.56. The van der Waals surface area contributed by atoms with Crippen LogP contribution in [0.3, 0.4) is 0 Å². The lowest BCUT2D eigenvalue weighted by molar-refractivity contribution is 0.0718. The minimum Gasteiger partial charge on any atom is -0.467 e. The van der Waals surface area contributed by atoms with Gasteiger partial charge in [-0.05, 0) is 65.3 Å². The van der Waals surface area contributed by atoms with E-state index < -0.39 is 10.0 Å². The number of thiophene rings is 1. The van der Waals surface area contributed by atoms with Crippen LogP contribution < -0.4 is 5.14 Å². The third kappa shape index (κ3) is 4.86. The van der Waals surface area contributed by atoms with E-state index in [1.165, 1.54) is 18.2 Å². The Labute approximate surface area is 169 Å². The maximum absolute atomic E-state index is 13.2. The third-order valence-corrected chi connectivity index (χ3v) is 6.44. The standard InChI is InChI=1S/C18H17BrN2O4S2/c1-12-4-5-14(26-12)11-21(10-13-3-2-8-25-13)18(22)16-9-15(27(20,23)24)6-7-17(16)19/h2-9H,10-11H2,1H3,(H2,20,23,24). The molecule has 1 amide bonds. The highest BCUT2D eigenvalue weighted by Crippen LogP contribution is 2.25. The summed E-state index contributed by atoms with van der Waals surface area (Å²) in [4.78, 5) is 16.9. The van der Waals surface area contributed by atoms with Crippen molar-refractivity contribution < 1.29 is 17.6 Å². The molecule has 0 aliphatic heterocycles. The number of benzene rings is 1. The molecular formula is C18H17BrN2O4S2. The summed E-state index contributed by atoms with van der Waals surface area (Å²) in [5, 5.41) is 5.21. The van der Waals surface area contributed by atoms with Gasteiger partial charge in [-0.15, -0.1) is 11.3 Å². The molecule has 0 spiro atoms. The van der Waals surface area contributed by atoms with Crippen LogP contribution in [0.4, 0.5) is 0 Å². The highest BCUT2D eigenvalue weighted by atomic mass is 79.9. The number of halogens is 1. The number of nitrogens with zero attached hydrogens (tertiary/aromatic N) is 1. The minimum atomic E-state index is -3.91. The van der Waals surface area contributed by atoms with Gasteiger partial charge < -0.3 is 9.32 Å². The second kappa shape index (κ2) is 7.97. The first-order valence-electron chi connectivity index (χ1n) is 7.93. The first-order valence-corrected chi connectivity index (χ1v) is 11.1. The van der Waals surface area contributed by atoms with Gasteiger partial charge in [-0.25, -0.2) is 13.6 Å². The molecule has 0 fully saturated rings. The van der Waals surface area contributed by atoms with Gasteiger partial charge in [0.2, 0.25) is 10.0 Å². The van der Waals surface area contributed by atoms with Gasteiger partial charge in [0.15, 0.2) is 0 Å². The summed E-state index contributed by atoms with van der Waals surface area (Å²) in [5.74, 6) is 0.310. The van der Waals surface area contributed by atoms with E-state index in [9.17, 15) is 13.2 Å². The van der Waals surface area contributed by atoms with Crippen molar-refractivity contribution in [1.82, 2.24) is 4.90 Å². The Morgan fingerprint density at radius 2 is 2.00 bits per heavy atom. The fraction of sp³-hybridized carbons (Fsp3) is 0.167. The number of furan rings is 1. The quantitative estimate of drug-likeness (QED) is 0.593. The molecular weight excluding hydrogens is 452 g/mol. The number of nitrogens with two attached hydrogens (primary N) is 1. The normalized spacial score (nSPS) is 11.5. The zero-order chi connectivity index (χ0) is 19.6. The lowest BCUT2D eigenvalue weighted by Crippen LogP contribution is -2.30. The van der Waals surface area contributed by atoms with Gasteiger partial charge in [-0.3, -0.25) is 4.79 Å². The maximum atomic E-state index is 13.2. The summed E-state index contributed by atoms with van der Waals surface area (Å²) in [6.45, 7) is 2.64. The Balaban J connectivity index is 1.97. The van der Waals surface area contributed by atoms with E-state index in [1.807, 2.05) is 19.1 Å². The van der Waals surface area contributed by atoms with Crippen LogP contribution in [0.25, 0.3) is 0 Å². The first kappa shape index (κ1) is 19.8. The summed E-state index contributed by atoms with van der Waals surface area (Å²) in [5.41, 5.74) is 0.223. The Morgan fingerprint density at radius 3 is 2.59 bits per heavy atom. The van der Waals surface area contributed by atoms with Gasteiger partial charge in [-0.2, -0.15) is 0 Å². The first-order chi connectivity index (χ1) is 12.7. The number of hydrogen-bond donors (Lipinski definition) is 1. The molecule has 0 aliphatic carbocycles. The molecule has 0 atom stereocenters. The molecule has 2 aromatic heterocycles. The van der Waals surface area contributed by atoms with Gasteiger partial charge >= 0.3 is 0 Å². The summed E-state index contributed by atoms with van der Waals surface area (Å²) in [7, 11) is -3.91. The van der Waals surface area contributed by atoms with Crippen molar-refractivity contribution >= 4 is 43.2 Å². The van der Waals surface area contributed by atoms with Crippen molar-refractivity contribution in [3.8, 4) is 0 Å². The van der Waals surface area contributed by atoms with Gasteiger partial charge in [0.1, 0.15) is 5.76 Å². The number of hydrogen-bond acceptors (Lipinski definition) is 5. The molecule has 142 valence electrons. The highest BCUT2D eigenvalue weighted by molar-refractivity contribution is 9.10. The van der Waals surface area contributed by atoms with Crippen LogP contribution in [-0.2, 0) is 23.1 Å². The average Bonchev–Trinajstić information content (AvgIpc) is 3.25. The molecule has 0 bridgehead atoms. The van der Waals surface area contributed by atoms with Crippen molar-refractivity contribution in [1.29, 1.82) is 0 Å². The Hall–Kier alpha value is -1.94. The molecule has 3 aromatic rings. The van der Waals surface area contributed by atoms with Crippen LogP contribution >= 0.6 is 27.3 Å². The summed E-state index contributed by atoms with van der Waals surface area (Å²) in [6.07, 6.45) is 1.55. The van der Waals surface area contributed by atoms with E-state index >= 15 is 0 Å². The molecule has 0 saturated heterocycles. The van der Waals surface area contributed by atoms with E-state index in [1.54, 1.807) is 34.6 Å². The SMILES string of the molecule is Cc1ccc(CN(Cc2ccco2)C(=O)c2cc(S(N)(=O)=O)ccc2Br)s1. The summed E-state index contributed by atoms with van der Waals surface area (Å²) < 4.78 is 29.2. The van der Waals surface area contributed by atoms with E-state index in [2.05, 4.69) is 15.9 Å². The number of aryl methyl sites for hydroxylation is 1. The molecule has 0 radical (unpaired) electrons. The second-order valence-electron chi connectivity index (χ2n) is 5.94. The predicted molar refractivity (Wildman–Crippen MR) is 107 cm³/mol. The summed E-state index contributed by atoms with van der Waals surface area (Å²) >= 11 is 4.93. The number of rotatable bonds is 6. The Kier molecular flexibility index (Phi) is 5.85. The van der Waals surface area contributed by atoms with Crippen molar-refractivity contribution in [3.63, 3.8) is 0 Å². The van der Waals surface area contributed by atoms with Crippen molar-refractivity contribution in [2.45, 2.75) is 24.9 Å². The third-order valence-electron chi connectivity index (χ3n) is 3.85. The fourth-order valence-corrected chi connectivity index (χ4v) is 4.43. The molecule has 1 aromatic carbocycles. The largest absolute Gasteiger partial charge is 0.467 e. The number of primary sulfonamides is 1. The number of sulfonamides is 1. The van der Waals surface area contributed by atoms with Gasteiger partial charge in [-0.1, -0.05) is 0 Å². The zero-order valence-electron chi connectivity index (χ0n) is 14.4. The highest BCUT2D eigenvalue weighted by Gasteiger charge is 2.22. The molecule has 2 heterocycles. The van der Waals surface area contributed by atoms with Gasteiger partial charge in [0, 0.05) is 14.2 Å². The molecule has 3 rings (SSSR count). The molecule has 0 saturated carbocycles. The van der Waals surface area contributed by atoms with E-state index in [0.717, 1.165) is 9.75 Å². The topological polar surface area (TPSA) is 93.6 Å². The maximum Gasteiger partial charge on any atom is 0.255 e. The molecule has 2 N–H and O–H groups in total. The van der Waals surface area contributed by atoms with Gasteiger partial charge in [0.25, 0.3) is 5.91 Å². The van der Waals surface area contributed by atoms with Crippen LogP contribution in [0.15, 0.2) is 62.5 Å². The van der Waals surface area contributed by atoms with Crippen molar-refractivity contribution in [2.24, 2.45) is 5.14 Å². The lowest BCUT2D eigenvalue weighted by atomic mass is 10.2. The van der Waals surface area contributed by atoms with Crippen molar-refractivity contribution in [2.75, 3.05) is 0 Å². The molecule has 9 heteroatoms. The smallest absolute Gasteiger partial charge is 0.255 e. The zero-order valence-corrected chi connectivity index (χ0v) is 17.6. The lowest BCUT2D eigenvalue weighted by Gasteiger charge is -2.22. The van der Waals surface area contributed by atoms with Crippen LogP contribution in [0.1, 0.15) is 25.9 Å². The Bertz CT molecular complexity index is 1060. The van der Waals surface area contributed by atoms with Gasteiger partial charge in [0.05, 0.1) is 29.8 Å². The number of carbonyl (C=O) groups is 1. The van der Waals surface area contributed by atoms with Crippen LogP contribution in [0.5, 0.6) is 0 Å². The van der Waals surface area contributed by atoms with E-state index in [4.69, 9.17) is 9.56 Å². The van der Waals surface area contributed by atoms with Crippen LogP contribution in [0.2, 0.25) is 0 Å². The van der Waals surface area contributed by atoms with E-state index in [-0.39, 0.29) is 22.9 Å². The summed E-state index contributed by atoms with van der Waals surface area (Å²) in [6, 6.07) is 11.7. The van der Waals surface area contributed by atoms with Crippen molar-refractivity contribution in [3.05, 3.63) is 74.3 Å². The molecule has 0 unspecified atom stereocenters. The van der Waals surface area contributed by atoms with E-state index in [0.29, 0.717) is 16.8 Å². The second-order valence-corrected chi connectivity index (χ2v) is 9.73. The molecule has 27 heavy (non-hydrogen) atoms. The molecule has 0 aliphatic rings. The van der Waals surface area contributed by atoms with Crippen LogP contribution in [-0.4, -0.2) is 19.2 Å². The average molecular weight is 469 g/mol. The monoisotopic (exact) mass is 468 g/mol. The Morgan fingerprint density at radius 1 is 1.22 bits per heavy atom. The minimum absolute atomic E-state index is 0.112. The van der Waals surface area contributed by atoms with Crippen LogP contribution in [0, 0.1) is 6.92 Å². The predicted octanol–water partition coefficient (Wildman–Crippen LogP) is 3.90.